The number of fused-ring (bicyclic) bond motifs is 5. The van der Waals surface area contributed by atoms with Gasteiger partial charge in [-0.05, 0) is 242 Å². The number of nitrogens with one attached hydrogen (secondary N) is 11. The van der Waals surface area contributed by atoms with Crippen molar-refractivity contribution in [1.82, 2.24) is 162 Å². The second-order valence-electron chi connectivity index (χ2n) is 35.6. The average molecular weight is 2210 g/mol. The van der Waals surface area contributed by atoms with Gasteiger partial charge in [0.05, 0.1) is 137 Å². The van der Waals surface area contributed by atoms with E-state index in [9.17, 15) is 0 Å². The molecule has 25 rings (SSSR count). The molecular weight excluding hydrogens is 2110 g/mol. The zero-order valence-electron chi connectivity index (χ0n) is 78.8. The molecule has 0 spiro atoms. The summed E-state index contributed by atoms with van der Waals surface area (Å²) in [5.41, 5.74) is 23.3. The zero-order chi connectivity index (χ0) is 96.9. The van der Waals surface area contributed by atoms with Gasteiger partial charge in [-0.25, -0.2) is 29.9 Å². The molecular formula is C94H104Br3N39S6. The number of aromatic nitrogens is 27. The SMILES string of the molecule is Cc1cc(Nc2c(Br)c(C3CCCNC3)nc3c(-c4cnn(C)c4Br)cnn23)sn1.Cc1cc(Nc2cc(C3CCCNC3)nc3c(-c4cncs4)cnn23)sn1.Cc1cc(Nc2cc(C3CCCNC3)nc3c(Br)cnn23)sn1.Cc1cc(Nc2cc(C3CNCCS3)nc3c(-c4cnn(C)c4)cnn23)sn1.Cn1cc(-c2cnn3c(Nc4ccc(C5=NCCCN5)cn4)cc(C4CCCNC4)nc23)cn1. The van der Waals surface area contributed by atoms with Crippen molar-refractivity contribution >= 4 is 206 Å². The van der Waals surface area contributed by atoms with Crippen LogP contribution in [0.1, 0.15) is 144 Å². The zero-order valence-corrected chi connectivity index (χ0v) is 88.5. The number of nitrogens with zero attached hydrogens (tertiary/aromatic N) is 28. The van der Waals surface area contributed by atoms with E-state index in [4.69, 9.17) is 24.9 Å². The molecule has 6 aliphatic rings. The molecule has 11 N–H and O–H groups in total. The Hall–Kier alpha value is -11.9. The molecule has 0 amide bonds. The number of aryl methyl sites for hydroxylation is 7. The lowest BCUT2D eigenvalue weighted by atomic mass is 9.96. The van der Waals surface area contributed by atoms with Gasteiger partial charge in [-0.3, -0.25) is 24.0 Å². The molecule has 39 nitrogen and oxygen atoms in total. The molecule has 0 radical (unpaired) electrons. The van der Waals surface area contributed by atoms with Gasteiger partial charge < -0.3 is 58.5 Å². The molecule has 25 heterocycles. The van der Waals surface area contributed by atoms with Gasteiger partial charge in [-0.15, -0.1) is 23.1 Å². The summed E-state index contributed by atoms with van der Waals surface area (Å²) in [4.78, 5) is 39.5. The summed E-state index contributed by atoms with van der Waals surface area (Å²) in [6.45, 7) is 19.8. The lowest BCUT2D eigenvalue weighted by molar-refractivity contribution is 0.453. The Kier molecular flexibility index (Phi) is 29.6. The first-order valence-corrected chi connectivity index (χ1v) is 54.6. The largest absolute Gasteiger partial charge is 0.370 e. The minimum Gasteiger partial charge on any atom is -0.370 e. The van der Waals surface area contributed by atoms with Crippen LogP contribution >= 0.6 is 117 Å². The van der Waals surface area contributed by atoms with E-state index in [1.165, 1.54) is 65.4 Å². The minimum atomic E-state index is 0.319. The van der Waals surface area contributed by atoms with E-state index < -0.39 is 0 Å². The van der Waals surface area contributed by atoms with Crippen LogP contribution in [0.4, 0.5) is 54.9 Å². The van der Waals surface area contributed by atoms with Crippen LogP contribution in [0.15, 0.2) is 159 Å². The number of piperidine rings is 4. The second-order valence-corrected chi connectivity index (χ2v) is 43.4. The Morgan fingerprint density at radius 2 is 0.866 bits per heavy atom. The highest BCUT2D eigenvalue weighted by atomic mass is 79.9. The van der Waals surface area contributed by atoms with Crippen LogP contribution in [0.2, 0.25) is 0 Å². The lowest BCUT2D eigenvalue weighted by Crippen LogP contribution is -2.30. The Balaban J connectivity index is 0.000000106. The Morgan fingerprint density at radius 3 is 1.32 bits per heavy atom. The maximum absolute atomic E-state index is 5.10. The van der Waals surface area contributed by atoms with Crippen LogP contribution in [-0.2, 0) is 21.1 Å². The van der Waals surface area contributed by atoms with E-state index in [0.717, 1.165) is 326 Å². The number of halogens is 3. The average Bonchev–Trinajstić information content (AvgIpc) is 1.56. The predicted octanol–water partition coefficient (Wildman–Crippen LogP) is 17.4. The molecule has 732 valence electrons. The molecule has 19 aromatic rings. The molecule has 142 heavy (non-hydrogen) atoms. The quantitative estimate of drug-likeness (QED) is 0.0337. The first kappa shape index (κ1) is 96.2. The number of amidine groups is 1. The number of thioether (sulfide) groups is 1. The van der Waals surface area contributed by atoms with Crippen LogP contribution in [0, 0.1) is 27.7 Å². The molecule has 5 saturated heterocycles. The highest BCUT2D eigenvalue weighted by Crippen LogP contribution is 2.43. The molecule has 5 fully saturated rings. The first-order chi connectivity index (χ1) is 69.4. The molecule has 48 heteroatoms. The Bertz CT molecular complexity index is 7630. The summed E-state index contributed by atoms with van der Waals surface area (Å²) in [6.07, 6.45) is 32.7. The predicted molar refractivity (Wildman–Crippen MR) is 575 cm³/mol. The number of aliphatic imine (C=N–C) groups is 1. The molecule has 0 saturated carbocycles. The van der Waals surface area contributed by atoms with Gasteiger partial charge >= 0.3 is 0 Å². The monoisotopic (exact) mass is 2210 g/mol. The van der Waals surface area contributed by atoms with Gasteiger partial charge in [0.2, 0.25) is 0 Å². The van der Waals surface area contributed by atoms with E-state index in [-0.39, 0.29) is 0 Å². The third kappa shape index (κ3) is 21.7. The van der Waals surface area contributed by atoms with Crippen LogP contribution in [0.25, 0.3) is 72.1 Å². The normalized spacial score (nSPS) is 17.7. The summed E-state index contributed by atoms with van der Waals surface area (Å²) in [5.74, 6) is 8.73. The van der Waals surface area contributed by atoms with Crippen LogP contribution < -0.4 is 58.5 Å². The second kappa shape index (κ2) is 43.7. The van der Waals surface area contributed by atoms with Gasteiger partial charge in [-0.2, -0.15) is 80.9 Å². The number of thiazole rings is 1. The Morgan fingerprint density at radius 1 is 0.401 bits per heavy atom. The molecule has 5 atom stereocenters. The van der Waals surface area contributed by atoms with Crippen molar-refractivity contribution in [1.29, 1.82) is 0 Å². The lowest BCUT2D eigenvalue weighted by Gasteiger charge is -2.24. The fourth-order valence-corrected chi connectivity index (χ4v) is 23.9. The van der Waals surface area contributed by atoms with Gasteiger partial charge in [0.15, 0.2) is 34.1 Å². The van der Waals surface area contributed by atoms with E-state index in [0.29, 0.717) is 28.9 Å². The summed E-state index contributed by atoms with van der Waals surface area (Å²) in [5, 5.41) is 78.4. The minimum absolute atomic E-state index is 0.319. The van der Waals surface area contributed by atoms with Crippen molar-refractivity contribution in [3.05, 3.63) is 211 Å². The number of pyridine rings is 1. The summed E-state index contributed by atoms with van der Waals surface area (Å²) in [7, 11) is 5.73. The first-order valence-electron chi connectivity index (χ1n) is 47.2. The summed E-state index contributed by atoms with van der Waals surface area (Å²) >= 11 is 20.4. The molecule has 0 aliphatic carbocycles. The van der Waals surface area contributed by atoms with Crippen molar-refractivity contribution < 1.29 is 0 Å². The van der Waals surface area contributed by atoms with E-state index >= 15 is 0 Å². The molecule has 0 aromatic carbocycles. The summed E-state index contributed by atoms with van der Waals surface area (Å²) in [6, 6.07) is 20.6. The topological polar surface area (TPSA) is 426 Å². The van der Waals surface area contributed by atoms with Gasteiger partial charge in [0.25, 0.3) is 0 Å². The highest BCUT2D eigenvalue weighted by molar-refractivity contribution is 9.11. The van der Waals surface area contributed by atoms with Gasteiger partial charge in [0.1, 0.15) is 59.5 Å². The van der Waals surface area contributed by atoms with Crippen molar-refractivity contribution in [2.75, 3.05) is 111 Å². The van der Waals surface area contributed by atoms with Crippen molar-refractivity contribution in [3.8, 4) is 43.8 Å². The van der Waals surface area contributed by atoms with Crippen molar-refractivity contribution in [2.24, 2.45) is 26.1 Å². The van der Waals surface area contributed by atoms with Crippen molar-refractivity contribution in [3.63, 3.8) is 0 Å². The van der Waals surface area contributed by atoms with E-state index in [2.05, 4.69) is 204 Å². The van der Waals surface area contributed by atoms with Gasteiger partial charge in [-0.1, -0.05) is 0 Å². The maximum Gasteiger partial charge on any atom is 0.171 e. The van der Waals surface area contributed by atoms with Crippen molar-refractivity contribution in [2.45, 2.75) is 114 Å². The van der Waals surface area contributed by atoms with E-state index in [1.54, 1.807) is 31.6 Å². The van der Waals surface area contributed by atoms with Crippen LogP contribution in [-0.4, -0.2) is 220 Å². The van der Waals surface area contributed by atoms with E-state index in [1.807, 2.05) is 193 Å². The van der Waals surface area contributed by atoms with Crippen LogP contribution in [0.5, 0.6) is 0 Å². The molecule has 19 aromatic heterocycles. The fourth-order valence-electron chi connectivity index (χ4n) is 18.1. The van der Waals surface area contributed by atoms with Gasteiger partial charge in [0, 0.05) is 185 Å². The smallest absolute Gasteiger partial charge is 0.171 e. The summed E-state index contributed by atoms with van der Waals surface area (Å²) < 4.78 is 34.9. The highest BCUT2D eigenvalue weighted by Gasteiger charge is 2.31. The van der Waals surface area contributed by atoms with Crippen LogP contribution in [0.3, 0.4) is 0 Å². The standard InChI is InChI=1S/C24H28N10.C19H20Br2N8S.C18H20N8S2.C18H19N7S2.C15H17BrN6S/c1-33-15-18(13-29-33)19-14-30-34-22(10-20(31-24(19)34)16-4-2-7-25-11-16)32-21-6-5-17(12-28-21)23-26-8-3-9-27-23;1-10-6-14(30-27-10)25-19-15(20)16(11-4-3-5-22-7-11)26-18-13(9-24-29(18)19)12-8-23-28(2)17(12)21;1-11-5-17(28-24-11)23-16-6-14(15-9-19-3-4-27-15)22-18-13(8-21-26(16)18)12-7-20-25(2)10-12;1-11-5-17(27-24-11)23-16-6-14(12-3-2-4-19-7-12)22-18-13(8-21-25(16)18)15-9-20-10-26-15;1-9-5-14(23-21-9)20-13-6-12(10-3-2-4-17-7-10)19-15-11(16)8-18-22(13)15/h5-6,10,12-16,25H,2-4,7-9,11H2,1H3,(H,26,27)(H,28,32);6,8-9,11,22,25H,3-5,7H2,1-2H3;5-8,10,15,19,23H,3-4,9H2,1-2H3;5-6,8-10,12,19,23H,2-4,7H2,1H3;5-6,8,10,17,20H,2-4,7H2,1H3. The number of hydrogen-bond donors (Lipinski definition) is 11. The molecule has 0 bridgehead atoms. The molecule has 6 aliphatic heterocycles. The maximum atomic E-state index is 5.10. The number of anilines is 10. The fraction of sp³-hybridized carbons (Fsp3) is 0.362. The number of rotatable bonds is 20. The molecule has 5 unspecified atom stereocenters. The number of hydrogen-bond acceptors (Lipinski definition) is 37. The Labute approximate surface area is 866 Å². The third-order valence-electron chi connectivity index (χ3n) is 25.2. The third-order valence-corrected chi connectivity index (χ3v) is 32.7.